The maximum absolute atomic E-state index is 12.2. The van der Waals surface area contributed by atoms with Gasteiger partial charge in [0.15, 0.2) is 11.5 Å². The number of nitrogens with zero attached hydrogens (tertiary/aromatic N) is 4. The first-order valence-corrected chi connectivity index (χ1v) is 10.5. The molecule has 0 saturated carbocycles. The highest BCUT2D eigenvalue weighted by molar-refractivity contribution is 5.97. The second-order valence-corrected chi connectivity index (χ2v) is 7.25. The Balaban J connectivity index is 1.77. The summed E-state index contributed by atoms with van der Waals surface area (Å²) in [6.45, 7) is 4.77. The van der Waals surface area contributed by atoms with Gasteiger partial charge in [0.25, 0.3) is 0 Å². The zero-order valence-corrected chi connectivity index (χ0v) is 18.6. The topological polar surface area (TPSA) is 112 Å². The van der Waals surface area contributed by atoms with Crippen LogP contribution >= 0.6 is 0 Å². The fourth-order valence-electron chi connectivity index (χ4n) is 3.57. The molecule has 2 aromatic rings. The van der Waals surface area contributed by atoms with Crippen LogP contribution in [0.2, 0.25) is 0 Å². The number of benzene rings is 1. The number of nitrogen functional groups attached to an aromatic ring is 1. The number of unbranched alkanes of at least 4 members (excludes halogenated alkanes) is 2. The maximum atomic E-state index is 12.2. The third-order valence-corrected chi connectivity index (χ3v) is 5.31. The van der Waals surface area contributed by atoms with E-state index in [1.54, 1.807) is 25.2 Å². The highest BCUT2D eigenvalue weighted by atomic mass is 16.6. The zero-order chi connectivity index (χ0) is 22.4. The van der Waals surface area contributed by atoms with Crippen molar-refractivity contribution in [3.8, 4) is 17.2 Å². The molecule has 10 nitrogen and oxygen atoms in total. The molecule has 170 valence electrons. The Bertz CT molecular complexity index is 915. The first kappa shape index (κ1) is 22.5. The Hall–Kier alpha value is -3.17. The number of aromatic nitrogens is 2. The number of nitrogens with two attached hydrogens (primary N) is 1. The molecule has 0 bridgehead atoms. The molecule has 1 fully saturated rings. The van der Waals surface area contributed by atoms with Gasteiger partial charge >= 0.3 is 6.09 Å². The van der Waals surface area contributed by atoms with Crippen LogP contribution in [0.4, 0.5) is 16.6 Å². The Kier molecular flexibility index (Phi) is 7.43. The fraction of sp³-hybridized carbons (Fsp3) is 0.571. The minimum atomic E-state index is -0.270. The summed E-state index contributed by atoms with van der Waals surface area (Å²) in [7, 11) is 4.63. The number of piperazine rings is 1. The third-order valence-electron chi connectivity index (χ3n) is 5.31. The quantitative estimate of drug-likeness (QED) is 0.628. The van der Waals surface area contributed by atoms with E-state index in [1.165, 1.54) is 7.11 Å². The number of fused-ring (bicyclic) bond motifs is 1. The van der Waals surface area contributed by atoms with Crippen molar-refractivity contribution in [2.75, 3.05) is 64.7 Å². The molecule has 1 saturated heterocycles. The van der Waals surface area contributed by atoms with E-state index in [1.807, 2.05) is 4.90 Å². The lowest BCUT2D eigenvalue weighted by molar-refractivity contribution is 0.0984. The minimum absolute atomic E-state index is 0.270. The highest BCUT2D eigenvalue weighted by Gasteiger charge is 2.26. The molecule has 0 atom stereocenters. The van der Waals surface area contributed by atoms with Crippen molar-refractivity contribution in [3.05, 3.63) is 6.07 Å². The lowest BCUT2D eigenvalue weighted by Gasteiger charge is -2.34. The number of anilines is 2. The van der Waals surface area contributed by atoms with Gasteiger partial charge in [-0.1, -0.05) is 19.8 Å². The Morgan fingerprint density at radius 3 is 2.35 bits per heavy atom. The number of rotatable bonds is 8. The summed E-state index contributed by atoms with van der Waals surface area (Å²) < 4.78 is 21.8. The number of amides is 1. The van der Waals surface area contributed by atoms with Crippen molar-refractivity contribution in [1.29, 1.82) is 0 Å². The van der Waals surface area contributed by atoms with Crippen LogP contribution in [0, 0.1) is 0 Å². The SMILES string of the molecule is CCCCCOC(=O)N1CCN(c2nc(N)c3cc(OC)c(OC)c(OC)c3n2)CC1. The van der Waals surface area contributed by atoms with Gasteiger partial charge in [0.05, 0.1) is 33.3 Å². The molecule has 1 aliphatic heterocycles. The van der Waals surface area contributed by atoms with Crippen LogP contribution < -0.4 is 24.8 Å². The molecule has 0 aliphatic carbocycles. The summed E-state index contributed by atoms with van der Waals surface area (Å²) >= 11 is 0. The number of carbonyl (C=O) groups excluding carboxylic acids is 1. The van der Waals surface area contributed by atoms with Gasteiger partial charge in [0.2, 0.25) is 11.7 Å². The van der Waals surface area contributed by atoms with Crippen LogP contribution in [0.25, 0.3) is 10.9 Å². The van der Waals surface area contributed by atoms with E-state index in [0.717, 1.165) is 19.3 Å². The van der Waals surface area contributed by atoms with Gasteiger partial charge in [-0.25, -0.2) is 9.78 Å². The van der Waals surface area contributed by atoms with Gasteiger partial charge in [0, 0.05) is 26.2 Å². The largest absolute Gasteiger partial charge is 0.493 e. The third kappa shape index (κ3) is 4.78. The van der Waals surface area contributed by atoms with Crippen LogP contribution in [0.3, 0.4) is 0 Å². The molecule has 0 spiro atoms. The molecular weight excluding hydrogens is 402 g/mol. The number of hydrogen-bond donors (Lipinski definition) is 1. The molecular formula is C21H31N5O5. The smallest absolute Gasteiger partial charge is 0.409 e. The first-order chi connectivity index (χ1) is 15.0. The summed E-state index contributed by atoms with van der Waals surface area (Å²) in [5, 5.41) is 0.618. The van der Waals surface area contributed by atoms with Crippen molar-refractivity contribution >= 4 is 28.8 Å². The number of ether oxygens (including phenoxy) is 4. The summed E-state index contributed by atoms with van der Waals surface area (Å²) in [6.07, 6.45) is 2.77. The molecule has 0 unspecified atom stereocenters. The van der Waals surface area contributed by atoms with Gasteiger partial charge in [0.1, 0.15) is 11.3 Å². The second-order valence-electron chi connectivity index (χ2n) is 7.25. The van der Waals surface area contributed by atoms with Gasteiger partial charge in [-0.3, -0.25) is 0 Å². The average Bonchev–Trinajstić information content (AvgIpc) is 2.80. The molecule has 2 heterocycles. The highest BCUT2D eigenvalue weighted by Crippen LogP contribution is 2.44. The standard InChI is InChI=1S/C21H31N5O5/c1-5-6-7-12-31-21(27)26-10-8-25(9-11-26)20-23-16-14(19(22)24-20)13-15(28-2)17(29-3)18(16)30-4/h13H,5-12H2,1-4H3,(H2,22,23,24). The molecule has 31 heavy (non-hydrogen) atoms. The molecule has 1 amide bonds. The predicted molar refractivity (Wildman–Crippen MR) is 118 cm³/mol. The molecule has 1 aromatic carbocycles. The Morgan fingerprint density at radius 1 is 1.03 bits per heavy atom. The zero-order valence-electron chi connectivity index (χ0n) is 18.6. The molecule has 1 aliphatic rings. The summed E-state index contributed by atoms with van der Waals surface area (Å²) in [5.74, 6) is 2.16. The fourth-order valence-corrected chi connectivity index (χ4v) is 3.57. The summed E-state index contributed by atoms with van der Waals surface area (Å²) in [4.78, 5) is 25.1. The van der Waals surface area contributed by atoms with Gasteiger partial charge < -0.3 is 34.5 Å². The van der Waals surface area contributed by atoms with Gasteiger partial charge in [-0.15, -0.1) is 0 Å². The number of hydrogen-bond acceptors (Lipinski definition) is 9. The summed E-state index contributed by atoms with van der Waals surface area (Å²) in [6, 6.07) is 1.74. The van der Waals surface area contributed by atoms with Crippen molar-refractivity contribution < 1.29 is 23.7 Å². The lowest BCUT2D eigenvalue weighted by atomic mass is 10.2. The molecule has 0 radical (unpaired) electrons. The average molecular weight is 434 g/mol. The lowest BCUT2D eigenvalue weighted by Crippen LogP contribution is -2.49. The molecule has 3 rings (SSSR count). The maximum Gasteiger partial charge on any atom is 0.409 e. The van der Waals surface area contributed by atoms with Crippen LogP contribution in [0.15, 0.2) is 6.07 Å². The predicted octanol–water partition coefficient (Wildman–Crippen LogP) is 2.69. The second kappa shape index (κ2) is 10.2. The Labute approximate surface area is 182 Å². The van der Waals surface area contributed by atoms with Crippen LogP contribution in [0.1, 0.15) is 26.2 Å². The first-order valence-electron chi connectivity index (χ1n) is 10.5. The molecule has 10 heteroatoms. The monoisotopic (exact) mass is 433 g/mol. The van der Waals surface area contributed by atoms with Crippen LogP contribution in [0.5, 0.6) is 17.2 Å². The Morgan fingerprint density at radius 2 is 1.74 bits per heavy atom. The molecule has 1 aromatic heterocycles. The van der Waals surface area contributed by atoms with E-state index < -0.39 is 0 Å². The van der Waals surface area contributed by atoms with Crippen LogP contribution in [-0.4, -0.2) is 75.1 Å². The van der Waals surface area contributed by atoms with E-state index in [4.69, 9.17) is 29.7 Å². The number of methoxy groups -OCH3 is 3. The van der Waals surface area contributed by atoms with E-state index in [-0.39, 0.29) is 6.09 Å². The van der Waals surface area contributed by atoms with E-state index in [2.05, 4.69) is 11.9 Å². The van der Waals surface area contributed by atoms with E-state index in [0.29, 0.717) is 72.7 Å². The normalized spacial score (nSPS) is 13.9. The number of carbonyl (C=O) groups is 1. The van der Waals surface area contributed by atoms with Crippen molar-refractivity contribution in [2.24, 2.45) is 0 Å². The van der Waals surface area contributed by atoms with Gasteiger partial charge in [-0.05, 0) is 12.5 Å². The van der Waals surface area contributed by atoms with Crippen molar-refractivity contribution in [2.45, 2.75) is 26.2 Å². The van der Waals surface area contributed by atoms with E-state index >= 15 is 0 Å². The minimum Gasteiger partial charge on any atom is -0.493 e. The van der Waals surface area contributed by atoms with Crippen LogP contribution in [-0.2, 0) is 4.74 Å². The van der Waals surface area contributed by atoms with Crippen molar-refractivity contribution in [1.82, 2.24) is 14.9 Å². The summed E-state index contributed by atoms with van der Waals surface area (Å²) in [5.41, 5.74) is 6.79. The molecule has 2 N–H and O–H groups in total. The van der Waals surface area contributed by atoms with Gasteiger partial charge in [-0.2, -0.15) is 4.98 Å². The van der Waals surface area contributed by atoms with E-state index in [9.17, 15) is 4.79 Å². The van der Waals surface area contributed by atoms with Crippen molar-refractivity contribution in [3.63, 3.8) is 0 Å².